The number of carbonyl (C=O) groups is 1. The molecule has 1 heterocycles. The van der Waals surface area contributed by atoms with Crippen LogP contribution in [0.1, 0.15) is 11.1 Å². The Morgan fingerprint density at radius 2 is 1.97 bits per heavy atom. The minimum atomic E-state index is -0.774. The van der Waals surface area contributed by atoms with E-state index in [-0.39, 0.29) is 11.3 Å². The summed E-state index contributed by atoms with van der Waals surface area (Å²) < 4.78 is 16.8. The van der Waals surface area contributed by atoms with E-state index >= 15 is 0 Å². The quantitative estimate of drug-likeness (QED) is 0.208. The predicted molar refractivity (Wildman–Crippen MR) is 120 cm³/mol. The van der Waals surface area contributed by atoms with Crippen molar-refractivity contribution in [2.24, 2.45) is 0 Å². The lowest BCUT2D eigenvalue weighted by atomic mass is 10.1. The fourth-order valence-electron chi connectivity index (χ4n) is 2.89. The molecule has 2 aromatic rings. The van der Waals surface area contributed by atoms with Gasteiger partial charge in [-0.15, -0.1) is 0 Å². The number of rotatable bonds is 5. The maximum Gasteiger partial charge on any atom is 0.354 e. The highest BCUT2D eigenvalue weighted by molar-refractivity contribution is 9.10. The van der Waals surface area contributed by atoms with E-state index in [0.29, 0.717) is 41.5 Å². The molecule has 1 aliphatic rings. The SMILES string of the molecule is COc1cc(C(=S)N2CCOCC2)cc(Br)c1OC(=O)/C(C#N)=C/c1ccccc1. The van der Waals surface area contributed by atoms with E-state index in [2.05, 4.69) is 20.8 Å². The first kappa shape index (κ1) is 22.0. The van der Waals surface area contributed by atoms with E-state index in [1.165, 1.54) is 13.2 Å². The van der Waals surface area contributed by atoms with E-state index in [9.17, 15) is 10.1 Å². The summed E-state index contributed by atoms with van der Waals surface area (Å²) in [5.41, 5.74) is 1.36. The number of morpholine rings is 1. The Hall–Kier alpha value is -2.73. The van der Waals surface area contributed by atoms with Crippen LogP contribution < -0.4 is 9.47 Å². The van der Waals surface area contributed by atoms with Gasteiger partial charge in [0, 0.05) is 18.7 Å². The van der Waals surface area contributed by atoms with Gasteiger partial charge in [0.2, 0.25) is 0 Å². The van der Waals surface area contributed by atoms with E-state index in [0.717, 1.165) is 11.1 Å². The van der Waals surface area contributed by atoms with Crippen molar-refractivity contribution in [3.63, 3.8) is 0 Å². The van der Waals surface area contributed by atoms with Crippen LogP contribution in [0.3, 0.4) is 0 Å². The highest BCUT2D eigenvalue weighted by Gasteiger charge is 2.22. The highest BCUT2D eigenvalue weighted by Crippen LogP contribution is 2.37. The largest absolute Gasteiger partial charge is 0.493 e. The monoisotopic (exact) mass is 486 g/mol. The lowest BCUT2D eigenvalue weighted by Gasteiger charge is -2.29. The minimum absolute atomic E-state index is 0.122. The number of hydrogen-bond acceptors (Lipinski definition) is 6. The molecule has 0 unspecified atom stereocenters. The molecule has 6 nitrogen and oxygen atoms in total. The van der Waals surface area contributed by atoms with Gasteiger partial charge in [-0.05, 0) is 39.7 Å². The van der Waals surface area contributed by atoms with Crippen LogP contribution in [0, 0.1) is 11.3 Å². The summed E-state index contributed by atoms with van der Waals surface area (Å²) in [6.45, 7) is 2.67. The maximum absolute atomic E-state index is 12.6. The molecular weight excluding hydrogens is 468 g/mol. The van der Waals surface area contributed by atoms with Crippen LogP contribution in [0.25, 0.3) is 6.08 Å². The zero-order chi connectivity index (χ0) is 21.5. The summed E-state index contributed by atoms with van der Waals surface area (Å²) >= 11 is 9.04. The molecule has 30 heavy (non-hydrogen) atoms. The van der Waals surface area contributed by atoms with E-state index in [4.69, 9.17) is 26.4 Å². The lowest BCUT2D eigenvalue weighted by molar-refractivity contribution is -0.129. The van der Waals surface area contributed by atoms with Crippen molar-refractivity contribution in [2.45, 2.75) is 0 Å². The summed E-state index contributed by atoms with van der Waals surface area (Å²) in [5, 5.41) is 9.40. The minimum Gasteiger partial charge on any atom is -0.493 e. The Labute approximate surface area is 188 Å². The molecule has 3 rings (SSSR count). The van der Waals surface area contributed by atoms with E-state index in [1.54, 1.807) is 24.3 Å². The fourth-order valence-corrected chi connectivity index (χ4v) is 3.72. The molecule has 154 valence electrons. The van der Waals surface area contributed by atoms with Gasteiger partial charge in [-0.3, -0.25) is 0 Å². The van der Waals surface area contributed by atoms with Gasteiger partial charge in [0.15, 0.2) is 11.5 Å². The number of ether oxygens (including phenoxy) is 3. The standard InChI is InChI=1S/C22H19BrN2O4S/c1-27-19-13-16(21(30)25-7-9-28-10-8-25)12-18(23)20(19)29-22(26)17(14-24)11-15-5-3-2-4-6-15/h2-6,11-13H,7-10H2,1H3/b17-11+. The number of esters is 1. The number of nitriles is 1. The first-order chi connectivity index (χ1) is 14.5. The second kappa shape index (κ2) is 10.3. The number of halogens is 1. The Morgan fingerprint density at radius 1 is 1.27 bits per heavy atom. The van der Waals surface area contributed by atoms with E-state index in [1.807, 2.05) is 24.3 Å². The fraction of sp³-hybridized carbons (Fsp3) is 0.227. The van der Waals surface area contributed by atoms with Gasteiger partial charge in [0.1, 0.15) is 16.6 Å². The second-order valence-electron chi connectivity index (χ2n) is 6.36. The third-order valence-electron chi connectivity index (χ3n) is 4.42. The third-order valence-corrected chi connectivity index (χ3v) is 5.50. The van der Waals surface area contributed by atoms with Gasteiger partial charge < -0.3 is 19.1 Å². The van der Waals surface area contributed by atoms with Gasteiger partial charge in [-0.2, -0.15) is 5.26 Å². The van der Waals surface area contributed by atoms with Crippen molar-refractivity contribution in [3.05, 3.63) is 63.6 Å². The molecule has 1 aliphatic heterocycles. The molecule has 0 spiro atoms. The first-order valence-electron chi connectivity index (χ1n) is 9.17. The molecule has 0 amide bonds. The molecule has 0 radical (unpaired) electrons. The van der Waals surface area contributed by atoms with Gasteiger partial charge in [-0.1, -0.05) is 42.5 Å². The number of carbonyl (C=O) groups excluding carboxylic acids is 1. The average Bonchev–Trinajstić information content (AvgIpc) is 2.79. The highest BCUT2D eigenvalue weighted by atomic mass is 79.9. The lowest BCUT2D eigenvalue weighted by Crippen LogP contribution is -2.40. The normalized spacial score (nSPS) is 14.0. The Kier molecular flexibility index (Phi) is 7.57. The molecule has 0 aromatic heterocycles. The van der Waals surface area contributed by atoms with Gasteiger partial charge in [0.05, 0.1) is 24.8 Å². The van der Waals surface area contributed by atoms with Crippen LogP contribution in [-0.2, 0) is 9.53 Å². The zero-order valence-corrected chi connectivity index (χ0v) is 18.7. The maximum atomic E-state index is 12.6. The average molecular weight is 487 g/mol. The van der Waals surface area contributed by atoms with Crippen LogP contribution in [-0.4, -0.2) is 49.3 Å². The van der Waals surface area contributed by atoms with Crippen LogP contribution in [0.4, 0.5) is 0 Å². The van der Waals surface area contributed by atoms with Crippen molar-refractivity contribution in [1.29, 1.82) is 5.26 Å². The molecule has 0 saturated carbocycles. The molecule has 8 heteroatoms. The summed E-state index contributed by atoms with van der Waals surface area (Å²) in [6, 6.07) is 14.5. The van der Waals surface area contributed by atoms with Crippen molar-refractivity contribution >= 4 is 45.2 Å². The second-order valence-corrected chi connectivity index (χ2v) is 7.61. The van der Waals surface area contributed by atoms with Crippen LogP contribution in [0.15, 0.2) is 52.5 Å². The number of thiocarbonyl (C=S) groups is 1. The Morgan fingerprint density at radius 3 is 2.60 bits per heavy atom. The Bertz CT molecular complexity index is 1010. The van der Waals surface area contributed by atoms with Gasteiger partial charge >= 0.3 is 5.97 Å². The molecule has 1 fully saturated rings. The summed E-state index contributed by atoms with van der Waals surface area (Å²) in [5.74, 6) is -0.255. The molecule has 1 saturated heterocycles. The zero-order valence-electron chi connectivity index (χ0n) is 16.3. The van der Waals surface area contributed by atoms with E-state index < -0.39 is 5.97 Å². The smallest absolute Gasteiger partial charge is 0.354 e. The van der Waals surface area contributed by atoms with Gasteiger partial charge in [0.25, 0.3) is 0 Å². The van der Waals surface area contributed by atoms with Crippen molar-refractivity contribution < 1.29 is 19.0 Å². The molecule has 2 aromatic carbocycles. The molecule has 0 N–H and O–H groups in total. The van der Waals surface area contributed by atoms with Crippen LogP contribution in [0.2, 0.25) is 0 Å². The summed E-state index contributed by atoms with van der Waals surface area (Å²) in [4.78, 5) is 15.3. The van der Waals surface area contributed by atoms with Crippen molar-refractivity contribution in [1.82, 2.24) is 4.90 Å². The Balaban J connectivity index is 1.85. The molecule has 0 bridgehead atoms. The molecular formula is C22H19BrN2O4S. The van der Waals surface area contributed by atoms with Crippen LogP contribution >= 0.6 is 28.1 Å². The summed E-state index contributed by atoms with van der Waals surface area (Å²) in [7, 11) is 1.48. The van der Waals surface area contributed by atoms with Crippen molar-refractivity contribution in [3.8, 4) is 17.6 Å². The van der Waals surface area contributed by atoms with Crippen LogP contribution in [0.5, 0.6) is 11.5 Å². The molecule has 0 aliphatic carbocycles. The van der Waals surface area contributed by atoms with Crippen molar-refractivity contribution in [2.75, 3.05) is 33.4 Å². The number of hydrogen-bond donors (Lipinski definition) is 0. The number of methoxy groups -OCH3 is 1. The van der Waals surface area contributed by atoms with Gasteiger partial charge in [-0.25, -0.2) is 4.79 Å². The predicted octanol–water partition coefficient (Wildman–Crippen LogP) is 3.98. The number of benzene rings is 2. The number of nitrogens with zero attached hydrogens (tertiary/aromatic N) is 2. The topological polar surface area (TPSA) is 71.8 Å². The molecule has 0 atom stereocenters. The summed E-state index contributed by atoms with van der Waals surface area (Å²) in [6.07, 6.45) is 1.48. The first-order valence-corrected chi connectivity index (χ1v) is 10.4. The third kappa shape index (κ3) is 5.25.